The van der Waals surface area contributed by atoms with Gasteiger partial charge in [-0.25, -0.2) is 4.79 Å². The van der Waals surface area contributed by atoms with Crippen molar-refractivity contribution in [1.82, 2.24) is 4.90 Å². The maximum absolute atomic E-state index is 11.7. The number of likely N-dealkylation sites (tertiary alicyclic amines) is 1. The Kier molecular flexibility index (Phi) is 5.01. The Balaban J connectivity index is 2.11. The molecule has 1 saturated heterocycles. The van der Waals surface area contributed by atoms with Gasteiger partial charge in [-0.3, -0.25) is 0 Å². The fourth-order valence-corrected chi connectivity index (χ4v) is 2.73. The van der Waals surface area contributed by atoms with E-state index in [1.807, 2.05) is 25.1 Å². The molecule has 4 nitrogen and oxygen atoms in total. The molecule has 1 N–H and O–H groups in total. The highest BCUT2D eigenvalue weighted by Crippen LogP contribution is 2.23. The Hall–Kier alpha value is -1.55. The lowest BCUT2D eigenvalue weighted by Crippen LogP contribution is -2.23. The van der Waals surface area contributed by atoms with Crippen LogP contribution in [0.3, 0.4) is 0 Å². The molecule has 1 atom stereocenters. The SMILES string of the molecule is COC(=O)c1cccc(NC2CCCN(C)CC2)c1C. The average molecular weight is 276 g/mol. The van der Waals surface area contributed by atoms with Crippen LogP contribution in [0.5, 0.6) is 0 Å². The molecule has 1 aliphatic rings. The fraction of sp³-hybridized carbons (Fsp3) is 0.562. The molecule has 1 unspecified atom stereocenters. The third-order valence-electron chi connectivity index (χ3n) is 4.05. The van der Waals surface area contributed by atoms with Gasteiger partial charge < -0.3 is 15.0 Å². The van der Waals surface area contributed by atoms with Crippen molar-refractivity contribution in [2.45, 2.75) is 32.2 Å². The zero-order valence-corrected chi connectivity index (χ0v) is 12.6. The van der Waals surface area contributed by atoms with Gasteiger partial charge in [-0.1, -0.05) is 6.07 Å². The first kappa shape index (κ1) is 14.9. The molecule has 0 aliphatic carbocycles. The van der Waals surface area contributed by atoms with Gasteiger partial charge in [0.1, 0.15) is 0 Å². The van der Waals surface area contributed by atoms with Crippen molar-refractivity contribution < 1.29 is 9.53 Å². The number of hydrogen-bond acceptors (Lipinski definition) is 4. The first-order valence-electron chi connectivity index (χ1n) is 7.25. The van der Waals surface area contributed by atoms with Crippen molar-refractivity contribution in [3.63, 3.8) is 0 Å². The second kappa shape index (κ2) is 6.75. The van der Waals surface area contributed by atoms with Gasteiger partial charge in [0.15, 0.2) is 0 Å². The van der Waals surface area contributed by atoms with Gasteiger partial charge in [0.2, 0.25) is 0 Å². The van der Waals surface area contributed by atoms with Crippen LogP contribution in [0.4, 0.5) is 5.69 Å². The maximum atomic E-state index is 11.7. The van der Waals surface area contributed by atoms with Crippen LogP contribution in [0.15, 0.2) is 18.2 Å². The van der Waals surface area contributed by atoms with Crippen molar-refractivity contribution in [1.29, 1.82) is 0 Å². The number of anilines is 1. The number of nitrogens with zero attached hydrogens (tertiary/aromatic N) is 1. The Labute approximate surface area is 121 Å². The number of nitrogens with one attached hydrogen (secondary N) is 1. The minimum Gasteiger partial charge on any atom is -0.465 e. The molecule has 1 aliphatic heterocycles. The topological polar surface area (TPSA) is 41.6 Å². The van der Waals surface area contributed by atoms with Gasteiger partial charge in [-0.05, 0) is 64.0 Å². The number of methoxy groups -OCH3 is 1. The van der Waals surface area contributed by atoms with Crippen molar-refractivity contribution in [3.8, 4) is 0 Å². The minimum absolute atomic E-state index is 0.272. The predicted octanol–water partition coefficient (Wildman–Crippen LogP) is 2.68. The molecule has 0 aromatic heterocycles. The van der Waals surface area contributed by atoms with Gasteiger partial charge in [-0.15, -0.1) is 0 Å². The Morgan fingerprint density at radius 1 is 1.35 bits per heavy atom. The maximum Gasteiger partial charge on any atom is 0.338 e. The van der Waals surface area contributed by atoms with Gasteiger partial charge in [-0.2, -0.15) is 0 Å². The van der Waals surface area contributed by atoms with E-state index in [9.17, 15) is 4.79 Å². The summed E-state index contributed by atoms with van der Waals surface area (Å²) in [7, 11) is 3.59. The van der Waals surface area contributed by atoms with E-state index in [0.29, 0.717) is 11.6 Å². The Morgan fingerprint density at radius 2 is 2.15 bits per heavy atom. The zero-order chi connectivity index (χ0) is 14.5. The number of carbonyl (C=O) groups is 1. The summed E-state index contributed by atoms with van der Waals surface area (Å²) in [5, 5.41) is 3.59. The Morgan fingerprint density at radius 3 is 2.90 bits per heavy atom. The van der Waals surface area contributed by atoms with Crippen LogP contribution in [-0.4, -0.2) is 44.2 Å². The molecule has 110 valence electrons. The molecule has 20 heavy (non-hydrogen) atoms. The molecule has 0 spiro atoms. The fourth-order valence-electron chi connectivity index (χ4n) is 2.73. The first-order chi connectivity index (χ1) is 9.61. The number of ether oxygens (including phenoxy) is 1. The van der Waals surface area contributed by atoms with E-state index < -0.39 is 0 Å². The first-order valence-corrected chi connectivity index (χ1v) is 7.25. The second-order valence-corrected chi connectivity index (χ2v) is 5.55. The van der Waals surface area contributed by atoms with E-state index in [-0.39, 0.29) is 5.97 Å². The van der Waals surface area contributed by atoms with E-state index >= 15 is 0 Å². The summed E-state index contributed by atoms with van der Waals surface area (Å²) < 4.78 is 4.82. The lowest BCUT2D eigenvalue weighted by atomic mass is 10.0. The highest BCUT2D eigenvalue weighted by atomic mass is 16.5. The van der Waals surface area contributed by atoms with Crippen molar-refractivity contribution in [3.05, 3.63) is 29.3 Å². The third kappa shape index (κ3) is 3.51. The number of rotatable bonds is 3. The van der Waals surface area contributed by atoms with Crippen LogP contribution in [0, 0.1) is 6.92 Å². The number of hydrogen-bond donors (Lipinski definition) is 1. The molecule has 0 bridgehead atoms. The van der Waals surface area contributed by atoms with Gasteiger partial charge >= 0.3 is 5.97 Å². The number of carbonyl (C=O) groups excluding carboxylic acids is 1. The standard InChI is InChI=1S/C16H24N2O2/c1-12-14(16(19)20-3)7-4-8-15(12)17-13-6-5-10-18(2)11-9-13/h4,7-8,13,17H,5-6,9-11H2,1-3H3. The minimum atomic E-state index is -0.272. The van der Waals surface area contributed by atoms with E-state index in [0.717, 1.165) is 24.2 Å². The largest absolute Gasteiger partial charge is 0.465 e. The second-order valence-electron chi connectivity index (χ2n) is 5.55. The average Bonchev–Trinajstić information content (AvgIpc) is 2.65. The lowest BCUT2D eigenvalue weighted by molar-refractivity contribution is 0.0600. The van der Waals surface area contributed by atoms with Crippen LogP contribution in [0.25, 0.3) is 0 Å². The van der Waals surface area contributed by atoms with Crippen LogP contribution in [0.1, 0.15) is 35.2 Å². The van der Waals surface area contributed by atoms with Gasteiger partial charge in [0, 0.05) is 11.7 Å². The number of esters is 1. The quantitative estimate of drug-likeness (QED) is 0.862. The van der Waals surface area contributed by atoms with Crippen LogP contribution >= 0.6 is 0 Å². The van der Waals surface area contributed by atoms with E-state index in [2.05, 4.69) is 17.3 Å². The van der Waals surface area contributed by atoms with Crippen molar-refractivity contribution in [2.24, 2.45) is 0 Å². The monoisotopic (exact) mass is 276 g/mol. The Bertz CT molecular complexity index is 474. The highest BCUT2D eigenvalue weighted by molar-refractivity contribution is 5.92. The molecule has 1 fully saturated rings. The summed E-state index contributed by atoms with van der Waals surface area (Å²) in [5.74, 6) is -0.272. The molecular formula is C16H24N2O2. The van der Waals surface area contributed by atoms with E-state index in [1.54, 1.807) is 0 Å². The van der Waals surface area contributed by atoms with Crippen molar-refractivity contribution in [2.75, 3.05) is 32.6 Å². The molecule has 0 radical (unpaired) electrons. The molecule has 0 amide bonds. The van der Waals surface area contributed by atoms with Crippen LogP contribution in [-0.2, 0) is 4.74 Å². The summed E-state index contributed by atoms with van der Waals surface area (Å²) >= 11 is 0. The smallest absolute Gasteiger partial charge is 0.338 e. The molecule has 2 rings (SSSR count). The summed E-state index contributed by atoms with van der Waals surface area (Å²) in [5.41, 5.74) is 2.66. The summed E-state index contributed by atoms with van der Waals surface area (Å²) in [4.78, 5) is 14.1. The molecule has 1 heterocycles. The summed E-state index contributed by atoms with van der Waals surface area (Å²) in [6.07, 6.45) is 3.52. The van der Waals surface area contributed by atoms with Crippen molar-refractivity contribution >= 4 is 11.7 Å². The zero-order valence-electron chi connectivity index (χ0n) is 12.6. The van der Waals surface area contributed by atoms with Crippen LogP contribution < -0.4 is 5.32 Å². The number of benzene rings is 1. The van der Waals surface area contributed by atoms with Gasteiger partial charge in [0.25, 0.3) is 0 Å². The molecular weight excluding hydrogens is 252 g/mol. The molecule has 1 aromatic carbocycles. The van der Waals surface area contributed by atoms with E-state index in [1.165, 1.54) is 26.5 Å². The highest BCUT2D eigenvalue weighted by Gasteiger charge is 2.17. The normalized spacial score (nSPS) is 20.2. The molecule has 4 heteroatoms. The summed E-state index contributed by atoms with van der Waals surface area (Å²) in [6.45, 7) is 4.25. The summed E-state index contributed by atoms with van der Waals surface area (Å²) in [6, 6.07) is 6.24. The molecule has 1 aromatic rings. The molecule has 0 saturated carbocycles. The predicted molar refractivity (Wildman–Crippen MR) is 81.3 cm³/mol. The van der Waals surface area contributed by atoms with E-state index in [4.69, 9.17) is 4.74 Å². The third-order valence-corrected chi connectivity index (χ3v) is 4.05. The lowest BCUT2D eigenvalue weighted by Gasteiger charge is -2.20. The van der Waals surface area contributed by atoms with Crippen LogP contribution in [0.2, 0.25) is 0 Å². The van der Waals surface area contributed by atoms with Gasteiger partial charge in [0.05, 0.1) is 12.7 Å².